The first-order valence-corrected chi connectivity index (χ1v) is 16.0. The van der Waals surface area contributed by atoms with Crippen molar-refractivity contribution < 1.29 is 22.7 Å². The van der Waals surface area contributed by atoms with Gasteiger partial charge in [0.05, 0.1) is 5.69 Å². The van der Waals surface area contributed by atoms with Gasteiger partial charge < -0.3 is 15.0 Å². The SMILES string of the molecule is Cc1ccc(S(=O)(=O)Nc2ccc(Nc3cc(-c4ccc5c(ccn5CC(C)N5CCCC5)c4)ncn3)cc2)c(F)c1.O=CO. The fraction of sp³-hybridized carbons (Fsp3) is 0.242. The van der Waals surface area contributed by atoms with Crippen molar-refractivity contribution in [1.29, 1.82) is 0 Å². The Bertz CT molecular complexity index is 1890. The topological polar surface area (TPSA) is 129 Å². The Morgan fingerprint density at radius 1 is 0.978 bits per heavy atom. The molecule has 6 rings (SSSR count). The zero-order chi connectivity index (χ0) is 32.0. The Hall–Kier alpha value is -4.81. The number of sulfonamides is 1. The number of rotatable bonds is 9. The zero-order valence-electron chi connectivity index (χ0n) is 25.0. The van der Waals surface area contributed by atoms with E-state index in [0.29, 0.717) is 28.8 Å². The summed E-state index contributed by atoms with van der Waals surface area (Å²) in [5.74, 6) is -0.184. The van der Waals surface area contributed by atoms with Crippen molar-refractivity contribution in [2.45, 2.75) is 44.2 Å². The van der Waals surface area contributed by atoms with Gasteiger partial charge in [-0.25, -0.2) is 22.8 Å². The molecule has 1 aliphatic heterocycles. The van der Waals surface area contributed by atoms with Crippen LogP contribution < -0.4 is 10.0 Å². The van der Waals surface area contributed by atoms with Crippen molar-refractivity contribution in [1.82, 2.24) is 19.4 Å². The number of hydrogen-bond donors (Lipinski definition) is 3. The number of nitrogens with one attached hydrogen (secondary N) is 2. The van der Waals surface area contributed by atoms with Crippen LogP contribution in [0.5, 0.6) is 0 Å². The minimum absolute atomic E-state index is 0.250. The molecule has 1 unspecified atom stereocenters. The average molecular weight is 631 g/mol. The van der Waals surface area contributed by atoms with Gasteiger partial charge in [-0.15, -0.1) is 0 Å². The predicted molar refractivity (Wildman–Crippen MR) is 174 cm³/mol. The van der Waals surface area contributed by atoms with Crippen LogP contribution in [0.3, 0.4) is 0 Å². The average Bonchev–Trinajstić information content (AvgIpc) is 3.69. The Balaban J connectivity index is 0.00000128. The molecule has 3 N–H and O–H groups in total. The summed E-state index contributed by atoms with van der Waals surface area (Å²) in [6.45, 7) is 7.10. The molecule has 1 atom stereocenters. The largest absolute Gasteiger partial charge is 0.483 e. The maximum atomic E-state index is 14.2. The lowest BCUT2D eigenvalue weighted by atomic mass is 10.1. The highest BCUT2D eigenvalue weighted by molar-refractivity contribution is 7.92. The third-order valence-electron chi connectivity index (χ3n) is 7.75. The Morgan fingerprint density at radius 3 is 2.40 bits per heavy atom. The Labute approximate surface area is 261 Å². The van der Waals surface area contributed by atoms with Crippen LogP contribution in [0.2, 0.25) is 0 Å². The van der Waals surface area contributed by atoms with Gasteiger partial charge in [-0.2, -0.15) is 0 Å². The highest BCUT2D eigenvalue weighted by atomic mass is 32.2. The molecule has 234 valence electrons. The van der Waals surface area contributed by atoms with Crippen molar-refractivity contribution >= 4 is 44.6 Å². The molecule has 5 aromatic rings. The number of carbonyl (C=O) groups is 1. The smallest absolute Gasteiger partial charge is 0.290 e. The van der Waals surface area contributed by atoms with E-state index in [1.165, 1.54) is 49.9 Å². The van der Waals surface area contributed by atoms with Gasteiger partial charge in [0, 0.05) is 52.7 Å². The van der Waals surface area contributed by atoms with Gasteiger partial charge in [0.1, 0.15) is 22.9 Å². The van der Waals surface area contributed by atoms with Crippen LogP contribution in [-0.4, -0.2) is 58.6 Å². The summed E-state index contributed by atoms with van der Waals surface area (Å²) in [5, 5.41) is 11.3. The summed E-state index contributed by atoms with van der Waals surface area (Å²) >= 11 is 0. The number of hydrogen-bond acceptors (Lipinski definition) is 7. The van der Waals surface area contributed by atoms with Crippen LogP contribution in [-0.2, 0) is 21.4 Å². The quantitative estimate of drug-likeness (QED) is 0.163. The molecular weight excluding hydrogens is 595 g/mol. The van der Waals surface area contributed by atoms with Crippen LogP contribution in [0, 0.1) is 12.7 Å². The summed E-state index contributed by atoms with van der Waals surface area (Å²) in [4.78, 5) is 19.4. The van der Waals surface area contributed by atoms with Gasteiger partial charge in [0.25, 0.3) is 16.5 Å². The van der Waals surface area contributed by atoms with Gasteiger partial charge in [-0.3, -0.25) is 14.4 Å². The highest BCUT2D eigenvalue weighted by Gasteiger charge is 2.20. The minimum Gasteiger partial charge on any atom is -0.483 e. The second kappa shape index (κ2) is 13.9. The molecule has 1 fully saturated rings. The summed E-state index contributed by atoms with van der Waals surface area (Å²) in [6, 6.07) is 21.6. The molecular formula is C33H35FN6O4S. The predicted octanol–water partition coefficient (Wildman–Crippen LogP) is 6.28. The Kier molecular flexibility index (Phi) is 9.74. The molecule has 2 aromatic heterocycles. The fourth-order valence-corrected chi connectivity index (χ4v) is 6.61. The van der Waals surface area contributed by atoms with E-state index in [4.69, 9.17) is 9.90 Å². The van der Waals surface area contributed by atoms with E-state index >= 15 is 0 Å². The van der Waals surface area contributed by atoms with Crippen LogP contribution in [0.4, 0.5) is 21.6 Å². The summed E-state index contributed by atoms with van der Waals surface area (Å²) in [7, 11) is -4.06. The van der Waals surface area contributed by atoms with Crippen LogP contribution in [0.25, 0.3) is 22.2 Å². The number of carboxylic acid groups (broad SMARTS) is 1. The van der Waals surface area contributed by atoms with Gasteiger partial charge in [0.15, 0.2) is 0 Å². The van der Waals surface area contributed by atoms with E-state index in [0.717, 1.165) is 23.2 Å². The van der Waals surface area contributed by atoms with Crippen molar-refractivity contribution in [2.24, 2.45) is 0 Å². The number of nitrogens with zero attached hydrogens (tertiary/aromatic N) is 4. The van der Waals surface area contributed by atoms with Crippen LogP contribution in [0.15, 0.2) is 90.2 Å². The van der Waals surface area contributed by atoms with E-state index in [1.54, 1.807) is 37.3 Å². The third-order valence-corrected chi connectivity index (χ3v) is 9.16. The van der Waals surface area contributed by atoms with E-state index < -0.39 is 20.7 Å². The lowest BCUT2D eigenvalue weighted by molar-refractivity contribution is -0.122. The van der Waals surface area contributed by atoms with Gasteiger partial charge in [-0.05, 0) is 99.9 Å². The van der Waals surface area contributed by atoms with Gasteiger partial charge in [0.2, 0.25) is 0 Å². The highest BCUT2D eigenvalue weighted by Crippen LogP contribution is 2.27. The van der Waals surface area contributed by atoms with Crippen molar-refractivity contribution in [3.63, 3.8) is 0 Å². The Morgan fingerprint density at radius 2 is 1.69 bits per heavy atom. The minimum atomic E-state index is -4.06. The number of likely N-dealkylation sites (tertiary alicyclic amines) is 1. The first kappa shape index (κ1) is 31.6. The number of fused-ring (bicyclic) bond motifs is 1. The lowest BCUT2D eigenvalue weighted by Crippen LogP contribution is -2.33. The molecule has 3 aromatic carbocycles. The molecule has 0 amide bonds. The molecule has 0 bridgehead atoms. The summed E-state index contributed by atoms with van der Waals surface area (Å²) < 4.78 is 44.4. The van der Waals surface area contributed by atoms with Gasteiger partial charge in [-0.1, -0.05) is 12.1 Å². The number of aromatic nitrogens is 3. The molecule has 0 saturated carbocycles. The first-order chi connectivity index (χ1) is 21.7. The number of benzene rings is 3. The summed E-state index contributed by atoms with van der Waals surface area (Å²) in [6.07, 6.45) is 6.26. The number of anilines is 3. The standard InChI is InChI=1S/C32H33FN6O2S.CH2O2/c1-22-5-12-31(28(33)17-22)42(40,41)37-27-9-7-26(8-10-27)36-32-19-29(34-21-35-32)24-6-11-30-25(18-24)13-16-39(30)20-23(2)38-14-3-4-15-38;2-1-3/h5-13,16-19,21,23,37H,3-4,14-15,20H2,1-2H3,(H,34,35,36);1H,(H,2,3). The monoisotopic (exact) mass is 630 g/mol. The molecule has 1 saturated heterocycles. The lowest BCUT2D eigenvalue weighted by Gasteiger charge is -2.24. The van der Waals surface area contributed by atoms with Crippen molar-refractivity contribution in [3.05, 3.63) is 96.7 Å². The maximum absolute atomic E-state index is 14.2. The second-order valence-electron chi connectivity index (χ2n) is 11.0. The molecule has 0 radical (unpaired) electrons. The zero-order valence-corrected chi connectivity index (χ0v) is 25.8. The molecule has 10 nitrogen and oxygen atoms in total. The van der Waals surface area contributed by atoms with Gasteiger partial charge >= 0.3 is 0 Å². The van der Waals surface area contributed by atoms with Crippen molar-refractivity contribution in [3.8, 4) is 11.3 Å². The number of aryl methyl sites for hydroxylation is 1. The molecule has 12 heteroatoms. The summed E-state index contributed by atoms with van der Waals surface area (Å²) in [5.41, 5.74) is 4.66. The first-order valence-electron chi connectivity index (χ1n) is 14.6. The molecule has 3 heterocycles. The maximum Gasteiger partial charge on any atom is 0.290 e. The molecule has 45 heavy (non-hydrogen) atoms. The van der Waals surface area contributed by atoms with E-state index in [9.17, 15) is 12.8 Å². The molecule has 1 aliphatic rings. The fourth-order valence-electron chi connectivity index (χ4n) is 5.49. The normalized spacial score (nSPS) is 14.0. The van der Waals surface area contributed by atoms with Crippen LogP contribution >= 0.6 is 0 Å². The van der Waals surface area contributed by atoms with E-state index in [2.05, 4.69) is 66.9 Å². The molecule has 0 aliphatic carbocycles. The van der Waals surface area contributed by atoms with E-state index in [-0.39, 0.29) is 6.47 Å². The van der Waals surface area contributed by atoms with Crippen LogP contribution in [0.1, 0.15) is 25.3 Å². The third kappa shape index (κ3) is 7.65. The number of halogens is 1. The second-order valence-corrected chi connectivity index (χ2v) is 12.6. The molecule has 0 spiro atoms. The van der Waals surface area contributed by atoms with E-state index in [1.807, 2.05) is 6.07 Å². The van der Waals surface area contributed by atoms with Crippen molar-refractivity contribution in [2.75, 3.05) is 23.1 Å².